The van der Waals surface area contributed by atoms with Crippen LogP contribution in [0, 0.1) is 0 Å². The number of amides is 5. The number of benzene rings is 2. The minimum Gasteiger partial charge on any atom is -0.508 e. The summed E-state index contributed by atoms with van der Waals surface area (Å²) in [5, 5.41) is 41.7. The molecule has 0 unspecified atom stereocenters. The van der Waals surface area contributed by atoms with Gasteiger partial charge in [0.25, 0.3) is 0 Å². The standard InChI is InChI=1S/C38H59N11O9/c39-17-3-1-6-29(47-33(53)27(41)20-23-9-13-25(50)14-10-23)35(55)48-28(8-5-19-44-38(42)43)34(54)45-22-32(52)46-31(21-24-11-15-26(51)16-12-24)36(56)49-30(37(57)58)7-2-4-18-40/h9-16,27-31,50-51H,1-8,17-22,39-41H2,(H,45,54)(H,46,52)(H,47,53)(H,48,55)(H,49,56)(H,57,58)(H4,42,43,44)/t27-,28-,29-,30-,31-/m0/s1. The number of aliphatic carboxylic acids is 1. The summed E-state index contributed by atoms with van der Waals surface area (Å²) < 4.78 is 0. The number of aromatic hydroxyl groups is 2. The molecule has 0 aliphatic heterocycles. The maximum absolute atomic E-state index is 13.7. The van der Waals surface area contributed by atoms with Gasteiger partial charge < -0.3 is 70.6 Å². The van der Waals surface area contributed by atoms with Crippen molar-refractivity contribution in [2.24, 2.45) is 33.7 Å². The summed E-state index contributed by atoms with van der Waals surface area (Å²) in [5.41, 5.74) is 29.4. The number of carbonyl (C=O) groups is 6. The zero-order valence-corrected chi connectivity index (χ0v) is 32.5. The average Bonchev–Trinajstić information content (AvgIpc) is 3.18. The molecule has 0 spiro atoms. The zero-order chi connectivity index (χ0) is 43.0. The highest BCUT2D eigenvalue weighted by atomic mass is 16.4. The molecule has 2 aromatic carbocycles. The molecule has 2 rings (SSSR count). The second kappa shape index (κ2) is 26.0. The monoisotopic (exact) mass is 813 g/mol. The fourth-order valence-electron chi connectivity index (χ4n) is 5.70. The van der Waals surface area contributed by atoms with E-state index in [0.717, 1.165) is 0 Å². The van der Waals surface area contributed by atoms with E-state index in [0.29, 0.717) is 49.9 Å². The van der Waals surface area contributed by atoms with Crippen molar-refractivity contribution in [1.82, 2.24) is 26.6 Å². The van der Waals surface area contributed by atoms with Gasteiger partial charge in [-0.25, -0.2) is 4.79 Å². The molecule has 5 atom stereocenters. The lowest BCUT2D eigenvalue weighted by molar-refractivity contribution is -0.142. The molecule has 0 radical (unpaired) electrons. The Kier molecular flexibility index (Phi) is 21.6. The third kappa shape index (κ3) is 18.8. The summed E-state index contributed by atoms with van der Waals surface area (Å²) in [6.45, 7) is 0.159. The number of nitrogens with two attached hydrogens (primary N) is 5. The lowest BCUT2D eigenvalue weighted by Crippen LogP contribution is -2.57. The first-order chi connectivity index (χ1) is 27.6. The highest BCUT2D eigenvalue weighted by Gasteiger charge is 2.30. The van der Waals surface area contributed by atoms with Crippen LogP contribution in [0.2, 0.25) is 0 Å². The normalized spacial score (nSPS) is 13.4. The highest BCUT2D eigenvalue weighted by molar-refractivity contribution is 5.95. The van der Waals surface area contributed by atoms with E-state index in [1.165, 1.54) is 36.4 Å². The number of phenols is 2. The summed E-state index contributed by atoms with van der Waals surface area (Å²) >= 11 is 0. The van der Waals surface area contributed by atoms with Crippen LogP contribution >= 0.6 is 0 Å². The molecule has 0 aromatic heterocycles. The summed E-state index contributed by atoms with van der Waals surface area (Å²) in [6, 6.07) is 6.09. The van der Waals surface area contributed by atoms with Gasteiger partial charge in [-0.05, 0) is 106 Å². The first kappa shape index (κ1) is 48.2. The lowest BCUT2D eigenvalue weighted by Gasteiger charge is -2.25. The molecule has 0 aliphatic carbocycles. The second-order valence-corrected chi connectivity index (χ2v) is 13.7. The van der Waals surface area contributed by atoms with Gasteiger partial charge in [-0.1, -0.05) is 24.3 Å². The van der Waals surface area contributed by atoms with Crippen LogP contribution in [0.4, 0.5) is 0 Å². The van der Waals surface area contributed by atoms with Crippen molar-refractivity contribution in [3.05, 3.63) is 59.7 Å². The first-order valence-corrected chi connectivity index (χ1v) is 19.1. The van der Waals surface area contributed by atoms with Crippen LogP contribution in [0.1, 0.15) is 62.5 Å². The topological polar surface area (TPSA) is 366 Å². The fraction of sp³-hybridized carbons (Fsp3) is 0.500. The van der Waals surface area contributed by atoms with E-state index in [2.05, 4.69) is 31.6 Å². The number of carboxylic acids is 1. The molecule has 0 fully saturated rings. The third-order valence-corrected chi connectivity index (χ3v) is 8.90. The van der Waals surface area contributed by atoms with Crippen molar-refractivity contribution in [3.63, 3.8) is 0 Å². The number of guanidine groups is 1. The van der Waals surface area contributed by atoms with Gasteiger partial charge in [0, 0.05) is 13.0 Å². The lowest BCUT2D eigenvalue weighted by atomic mass is 10.0. The van der Waals surface area contributed by atoms with E-state index in [1.807, 2.05) is 0 Å². The summed E-state index contributed by atoms with van der Waals surface area (Å²) in [6.07, 6.45) is 2.56. The Hall–Kier alpha value is -5.99. The number of nitrogens with one attached hydrogen (secondary N) is 5. The fourth-order valence-corrected chi connectivity index (χ4v) is 5.70. The molecule has 320 valence electrons. The molecule has 5 amide bonds. The number of rotatable bonds is 27. The minimum atomic E-state index is -1.28. The van der Waals surface area contributed by atoms with E-state index < -0.39 is 72.3 Å². The number of carboxylic acid groups (broad SMARTS) is 1. The van der Waals surface area contributed by atoms with Crippen molar-refractivity contribution < 1.29 is 44.1 Å². The second-order valence-electron chi connectivity index (χ2n) is 13.7. The minimum absolute atomic E-state index is 0.0203. The van der Waals surface area contributed by atoms with Gasteiger partial charge in [0.15, 0.2) is 5.96 Å². The molecule has 0 saturated carbocycles. The SMILES string of the molecule is NCCCC[C@H](NC(=O)[C@H](Cc1ccc(O)cc1)NC(=O)CNC(=O)[C@H](CCCN=C(N)N)NC(=O)[C@H](CCCCN)NC(=O)[C@@H](N)Cc1ccc(O)cc1)C(=O)O. The number of phenolic OH excluding ortho intramolecular Hbond substituents is 2. The third-order valence-electron chi connectivity index (χ3n) is 8.90. The Morgan fingerprint density at radius 3 is 1.59 bits per heavy atom. The molecule has 0 heterocycles. The molecule has 2 aromatic rings. The quantitative estimate of drug-likeness (QED) is 0.0256. The Balaban J connectivity index is 2.20. The molecule has 0 aliphatic rings. The highest BCUT2D eigenvalue weighted by Crippen LogP contribution is 2.13. The van der Waals surface area contributed by atoms with Gasteiger partial charge in [-0.2, -0.15) is 0 Å². The number of hydrogen-bond donors (Lipinski definition) is 13. The van der Waals surface area contributed by atoms with Crippen LogP contribution in [0.15, 0.2) is 53.5 Å². The van der Waals surface area contributed by atoms with Gasteiger partial charge in [-0.15, -0.1) is 0 Å². The smallest absolute Gasteiger partial charge is 0.326 e. The molecule has 18 N–H and O–H groups in total. The molecule has 20 nitrogen and oxygen atoms in total. The summed E-state index contributed by atoms with van der Waals surface area (Å²) in [7, 11) is 0. The Morgan fingerprint density at radius 1 is 0.586 bits per heavy atom. The Bertz CT molecular complexity index is 1660. The van der Waals surface area contributed by atoms with Gasteiger partial charge in [0.05, 0.1) is 12.6 Å². The van der Waals surface area contributed by atoms with Gasteiger partial charge in [0.1, 0.15) is 35.7 Å². The number of unbranched alkanes of at least 4 members (excludes halogenated alkanes) is 2. The largest absolute Gasteiger partial charge is 0.508 e. The van der Waals surface area contributed by atoms with Gasteiger partial charge >= 0.3 is 5.97 Å². The van der Waals surface area contributed by atoms with E-state index in [4.69, 9.17) is 28.7 Å². The molecular weight excluding hydrogens is 754 g/mol. The van der Waals surface area contributed by atoms with Gasteiger partial charge in [-0.3, -0.25) is 29.0 Å². The van der Waals surface area contributed by atoms with Crippen LogP contribution in [-0.4, -0.2) is 113 Å². The van der Waals surface area contributed by atoms with E-state index in [9.17, 15) is 44.1 Å². The van der Waals surface area contributed by atoms with Crippen LogP contribution in [0.5, 0.6) is 11.5 Å². The first-order valence-electron chi connectivity index (χ1n) is 19.1. The number of carbonyl (C=O) groups excluding carboxylic acids is 5. The Morgan fingerprint density at radius 2 is 1.05 bits per heavy atom. The molecule has 58 heavy (non-hydrogen) atoms. The maximum Gasteiger partial charge on any atom is 0.326 e. The van der Waals surface area contributed by atoms with Crippen molar-refractivity contribution in [2.75, 3.05) is 26.2 Å². The van der Waals surface area contributed by atoms with Crippen molar-refractivity contribution in [1.29, 1.82) is 0 Å². The van der Waals surface area contributed by atoms with Crippen molar-refractivity contribution in [2.45, 2.75) is 94.4 Å². The predicted octanol–water partition coefficient (Wildman–Crippen LogP) is -2.34. The van der Waals surface area contributed by atoms with E-state index in [1.54, 1.807) is 12.1 Å². The predicted molar refractivity (Wildman–Crippen MR) is 216 cm³/mol. The summed E-state index contributed by atoms with van der Waals surface area (Å²) in [5.74, 6) is -5.10. The molecule has 0 saturated heterocycles. The van der Waals surface area contributed by atoms with Crippen LogP contribution in [0.25, 0.3) is 0 Å². The summed E-state index contributed by atoms with van der Waals surface area (Å²) in [4.78, 5) is 82.7. The average molecular weight is 814 g/mol. The van der Waals surface area contributed by atoms with Crippen LogP contribution in [0.3, 0.4) is 0 Å². The van der Waals surface area contributed by atoms with E-state index >= 15 is 0 Å². The van der Waals surface area contributed by atoms with Crippen LogP contribution < -0.4 is 55.3 Å². The molecule has 0 bridgehead atoms. The molecular formula is C38H59N11O9. The Labute approximate surface area is 337 Å². The van der Waals surface area contributed by atoms with Crippen LogP contribution in [-0.2, 0) is 41.6 Å². The van der Waals surface area contributed by atoms with Crippen molar-refractivity contribution >= 4 is 41.5 Å². The number of aliphatic imine (C=N–C) groups is 1. The number of hydrogen-bond acceptors (Lipinski definition) is 12. The van der Waals surface area contributed by atoms with E-state index in [-0.39, 0.29) is 62.5 Å². The molecule has 20 heteroatoms. The number of nitrogens with zero attached hydrogens (tertiary/aromatic N) is 1. The maximum atomic E-state index is 13.7. The van der Waals surface area contributed by atoms with Crippen molar-refractivity contribution in [3.8, 4) is 11.5 Å². The zero-order valence-electron chi connectivity index (χ0n) is 32.5. The van der Waals surface area contributed by atoms with Gasteiger partial charge in [0.2, 0.25) is 29.5 Å².